The van der Waals surface area contributed by atoms with E-state index in [0.29, 0.717) is 16.9 Å². The highest BCUT2D eigenvalue weighted by Gasteiger charge is 2.24. The van der Waals surface area contributed by atoms with Crippen LogP contribution in [-0.2, 0) is 14.3 Å². The number of hydrogen-bond donors (Lipinski definition) is 2. The molecule has 0 aliphatic heterocycles. The Balaban J connectivity index is 2.00. The zero-order valence-corrected chi connectivity index (χ0v) is 14.6. The summed E-state index contributed by atoms with van der Waals surface area (Å²) in [6.07, 6.45) is 0. The van der Waals surface area contributed by atoms with Crippen molar-refractivity contribution in [1.29, 1.82) is 0 Å². The summed E-state index contributed by atoms with van der Waals surface area (Å²) in [5.41, 5.74) is 0.622. The van der Waals surface area contributed by atoms with Gasteiger partial charge in [-0.25, -0.2) is 4.79 Å². The molecular weight excluding hydrogens is 354 g/mol. The lowest BCUT2D eigenvalue weighted by Gasteiger charge is -2.09. The average Bonchev–Trinajstić information content (AvgIpc) is 2.58. The highest BCUT2D eigenvalue weighted by atomic mass is 16.6. The van der Waals surface area contributed by atoms with Gasteiger partial charge in [0.2, 0.25) is 5.91 Å². The summed E-state index contributed by atoms with van der Waals surface area (Å²) in [6, 6.07) is 10.7. The number of nitro benzene ring substituents is 1. The summed E-state index contributed by atoms with van der Waals surface area (Å²) < 4.78 is 4.88. The first-order chi connectivity index (χ1) is 12.8. The predicted octanol–water partition coefficient (Wildman–Crippen LogP) is 2.66. The summed E-state index contributed by atoms with van der Waals surface area (Å²) in [6.45, 7) is 2.24. The van der Waals surface area contributed by atoms with Crippen molar-refractivity contribution in [3.63, 3.8) is 0 Å². The third-order valence-electron chi connectivity index (χ3n) is 3.44. The first-order valence-electron chi connectivity index (χ1n) is 7.86. The Kier molecular flexibility index (Phi) is 6.21. The molecule has 0 aliphatic carbocycles. The van der Waals surface area contributed by atoms with Gasteiger partial charge in [0, 0.05) is 23.9 Å². The summed E-state index contributed by atoms with van der Waals surface area (Å²) in [7, 11) is 0. The minimum Gasteiger partial charge on any atom is -0.452 e. The Morgan fingerprint density at radius 2 is 1.70 bits per heavy atom. The second-order valence-electron chi connectivity index (χ2n) is 5.61. The molecule has 0 atom stereocenters. The van der Waals surface area contributed by atoms with Crippen molar-refractivity contribution in [2.24, 2.45) is 0 Å². The molecular formula is C18H17N3O6. The number of carbonyl (C=O) groups is 3. The summed E-state index contributed by atoms with van der Waals surface area (Å²) in [4.78, 5) is 45.6. The van der Waals surface area contributed by atoms with E-state index in [-0.39, 0.29) is 17.2 Å². The molecule has 2 aromatic carbocycles. The van der Waals surface area contributed by atoms with E-state index in [1.54, 1.807) is 18.2 Å². The minimum atomic E-state index is -0.965. The van der Waals surface area contributed by atoms with E-state index in [1.807, 2.05) is 0 Å². The van der Waals surface area contributed by atoms with Crippen LogP contribution in [0.15, 0.2) is 42.5 Å². The van der Waals surface area contributed by atoms with Gasteiger partial charge >= 0.3 is 5.97 Å². The van der Waals surface area contributed by atoms with E-state index in [4.69, 9.17) is 4.74 Å². The SMILES string of the molecule is CC(=O)Nc1cccc(NC(=O)COC(=O)c2cccc(C)c2[N+](=O)[O-])c1. The fourth-order valence-electron chi connectivity index (χ4n) is 2.35. The van der Waals surface area contributed by atoms with Crippen molar-refractivity contribution in [3.05, 3.63) is 63.7 Å². The van der Waals surface area contributed by atoms with Crippen molar-refractivity contribution in [1.82, 2.24) is 0 Å². The number of nitrogens with zero attached hydrogens (tertiary/aromatic N) is 1. The van der Waals surface area contributed by atoms with Crippen LogP contribution in [0.3, 0.4) is 0 Å². The monoisotopic (exact) mass is 371 g/mol. The van der Waals surface area contributed by atoms with Gasteiger partial charge in [-0.2, -0.15) is 0 Å². The summed E-state index contributed by atoms with van der Waals surface area (Å²) >= 11 is 0. The van der Waals surface area contributed by atoms with E-state index < -0.39 is 23.4 Å². The fraction of sp³-hybridized carbons (Fsp3) is 0.167. The lowest BCUT2D eigenvalue weighted by atomic mass is 10.1. The molecule has 27 heavy (non-hydrogen) atoms. The van der Waals surface area contributed by atoms with Crippen molar-refractivity contribution in [2.45, 2.75) is 13.8 Å². The number of benzene rings is 2. The van der Waals surface area contributed by atoms with E-state index in [0.717, 1.165) is 0 Å². The van der Waals surface area contributed by atoms with Crippen LogP contribution in [0.1, 0.15) is 22.8 Å². The van der Waals surface area contributed by atoms with Crippen LogP contribution >= 0.6 is 0 Å². The maximum absolute atomic E-state index is 12.1. The highest BCUT2D eigenvalue weighted by Crippen LogP contribution is 2.23. The molecule has 0 bridgehead atoms. The lowest BCUT2D eigenvalue weighted by molar-refractivity contribution is -0.385. The van der Waals surface area contributed by atoms with E-state index in [9.17, 15) is 24.5 Å². The van der Waals surface area contributed by atoms with Crippen molar-refractivity contribution in [3.8, 4) is 0 Å². The largest absolute Gasteiger partial charge is 0.452 e. The number of hydrogen-bond acceptors (Lipinski definition) is 6. The molecule has 2 N–H and O–H groups in total. The van der Waals surface area contributed by atoms with Crippen molar-refractivity contribution >= 4 is 34.8 Å². The van der Waals surface area contributed by atoms with Gasteiger partial charge in [0.15, 0.2) is 6.61 Å². The second kappa shape index (κ2) is 8.56. The average molecular weight is 371 g/mol. The molecule has 9 nitrogen and oxygen atoms in total. The van der Waals surface area contributed by atoms with Crippen LogP contribution in [-0.4, -0.2) is 29.3 Å². The topological polar surface area (TPSA) is 128 Å². The Morgan fingerprint density at radius 1 is 1.07 bits per heavy atom. The number of esters is 1. The molecule has 9 heteroatoms. The van der Waals surface area contributed by atoms with Crippen LogP contribution in [0.25, 0.3) is 0 Å². The molecule has 0 unspecified atom stereocenters. The third-order valence-corrected chi connectivity index (χ3v) is 3.44. The molecule has 2 rings (SSSR count). The number of amides is 2. The van der Waals surface area contributed by atoms with Gasteiger partial charge in [0.25, 0.3) is 11.6 Å². The van der Waals surface area contributed by atoms with E-state index in [2.05, 4.69) is 10.6 Å². The molecule has 0 spiro atoms. The molecule has 0 aliphatic rings. The summed E-state index contributed by atoms with van der Waals surface area (Å²) in [5, 5.41) is 16.2. The first-order valence-corrected chi connectivity index (χ1v) is 7.86. The number of ether oxygens (including phenoxy) is 1. The normalized spacial score (nSPS) is 10.0. The number of anilines is 2. The van der Waals surface area contributed by atoms with Crippen molar-refractivity contribution in [2.75, 3.05) is 17.2 Å². The molecule has 140 valence electrons. The highest BCUT2D eigenvalue weighted by molar-refractivity contribution is 5.98. The molecule has 0 saturated carbocycles. The Hall–Kier alpha value is -3.75. The van der Waals surface area contributed by atoms with Crippen LogP contribution in [0.2, 0.25) is 0 Å². The number of para-hydroxylation sites is 1. The van der Waals surface area contributed by atoms with Gasteiger partial charge in [-0.15, -0.1) is 0 Å². The Labute approximate surface area is 154 Å². The zero-order chi connectivity index (χ0) is 20.0. The molecule has 0 fully saturated rings. The lowest BCUT2D eigenvalue weighted by Crippen LogP contribution is -2.21. The van der Waals surface area contributed by atoms with Gasteiger partial charge in [0.1, 0.15) is 5.56 Å². The van der Waals surface area contributed by atoms with Crippen LogP contribution in [0.4, 0.5) is 17.1 Å². The van der Waals surface area contributed by atoms with Crippen molar-refractivity contribution < 1.29 is 24.0 Å². The summed E-state index contributed by atoms with van der Waals surface area (Å²) in [5.74, 6) is -1.85. The number of aryl methyl sites for hydroxylation is 1. The van der Waals surface area contributed by atoms with Gasteiger partial charge < -0.3 is 15.4 Å². The number of nitro groups is 1. The molecule has 2 aromatic rings. The van der Waals surface area contributed by atoms with Gasteiger partial charge in [-0.1, -0.05) is 18.2 Å². The number of carbonyl (C=O) groups excluding carboxylic acids is 3. The molecule has 0 saturated heterocycles. The third kappa shape index (κ3) is 5.36. The molecule has 2 amide bonds. The van der Waals surface area contributed by atoms with Gasteiger partial charge in [-0.05, 0) is 31.2 Å². The minimum absolute atomic E-state index is 0.222. The molecule has 0 aromatic heterocycles. The quantitative estimate of drug-likeness (QED) is 0.456. The van der Waals surface area contributed by atoms with E-state index in [1.165, 1.54) is 38.1 Å². The predicted molar refractivity (Wildman–Crippen MR) is 97.5 cm³/mol. The Morgan fingerprint density at radius 3 is 2.33 bits per heavy atom. The molecule has 0 radical (unpaired) electrons. The van der Waals surface area contributed by atoms with E-state index >= 15 is 0 Å². The number of nitrogens with one attached hydrogen (secondary N) is 2. The van der Waals surface area contributed by atoms with Gasteiger partial charge in [-0.3, -0.25) is 19.7 Å². The first kappa shape index (κ1) is 19.6. The second-order valence-corrected chi connectivity index (χ2v) is 5.61. The van der Waals surface area contributed by atoms with Crippen LogP contribution < -0.4 is 10.6 Å². The fourth-order valence-corrected chi connectivity index (χ4v) is 2.35. The maximum Gasteiger partial charge on any atom is 0.345 e. The smallest absolute Gasteiger partial charge is 0.345 e. The van der Waals surface area contributed by atoms with Gasteiger partial charge in [0.05, 0.1) is 4.92 Å². The van der Waals surface area contributed by atoms with Crippen LogP contribution in [0.5, 0.6) is 0 Å². The molecule has 0 heterocycles. The van der Waals surface area contributed by atoms with Crippen LogP contribution in [0, 0.1) is 17.0 Å². The Bertz CT molecular complexity index is 910. The number of rotatable bonds is 6. The maximum atomic E-state index is 12.1. The standard InChI is InChI=1S/C18H17N3O6/c1-11-5-3-8-15(17(11)21(25)26)18(24)27-10-16(23)20-14-7-4-6-13(9-14)19-12(2)22/h3-9H,10H2,1-2H3,(H,19,22)(H,20,23). The zero-order valence-electron chi connectivity index (χ0n) is 14.6.